The zero-order chi connectivity index (χ0) is 18.9. The molecule has 0 aromatic heterocycles. The van der Waals surface area contributed by atoms with Crippen molar-refractivity contribution in [1.82, 2.24) is 4.31 Å². The first-order valence-corrected chi connectivity index (χ1v) is 10.3. The molecule has 6 heteroatoms. The quantitative estimate of drug-likeness (QED) is 0.811. The van der Waals surface area contributed by atoms with Crippen molar-refractivity contribution in [2.45, 2.75) is 38.1 Å². The number of anilines is 1. The molecular formula is C20H24N2O3S. The van der Waals surface area contributed by atoms with E-state index in [1.165, 1.54) is 4.31 Å². The van der Waals surface area contributed by atoms with E-state index < -0.39 is 10.0 Å². The first-order valence-electron chi connectivity index (χ1n) is 8.81. The summed E-state index contributed by atoms with van der Waals surface area (Å²) in [6.45, 7) is 5.73. The zero-order valence-electron chi connectivity index (χ0n) is 15.3. The van der Waals surface area contributed by atoms with Gasteiger partial charge in [-0.1, -0.05) is 42.8 Å². The number of fused-ring (bicyclic) bond motifs is 1. The monoisotopic (exact) mass is 372 g/mol. The highest BCUT2D eigenvalue weighted by Crippen LogP contribution is 2.32. The summed E-state index contributed by atoms with van der Waals surface area (Å²) in [7, 11) is -3.70. The summed E-state index contributed by atoms with van der Waals surface area (Å²) in [4.78, 5) is 14.9. The Hall–Kier alpha value is -2.18. The van der Waals surface area contributed by atoms with E-state index in [0.29, 0.717) is 0 Å². The number of para-hydroxylation sites is 1. The summed E-state index contributed by atoms with van der Waals surface area (Å²) >= 11 is 0. The molecule has 2 aromatic carbocycles. The third-order valence-electron chi connectivity index (χ3n) is 4.80. The number of likely N-dealkylation sites (N-methyl/N-ethyl adjacent to an activating group) is 1. The molecule has 26 heavy (non-hydrogen) atoms. The van der Waals surface area contributed by atoms with Gasteiger partial charge in [-0.15, -0.1) is 0 Å². The molecule has 0 N–H and O–H groups in total. The minimum absolute atomic E-state index is 0.0284. The lowest BCUT2D eigenvalue weighted by atomic mass is 10.1. The normalized spacial score (nSPS) is 16.8. The zero-order valence-corrected chi connectivity index (χ0v) is 16.2. The lowest BCUT2D eigenvalue weighted by Crippen LogP contribution is -2.45. The Labute approximate surface area is 155 Å². The van der Waals surface area contributed by atoms with Gasteiger partial charge in [0.15, 0.2) is 0 Å². The third kappa shape index (κ3) is 3.39. The Morgan fingerprint density at radius 3 is 2.46 bits per heavy atom. The van der Waals surface area contributed by atoms with Gasteiger partial charge in [0, 0.05) is 18.3 Å². The van der Waals surface area contributed by atoms with Crippen LogP contribution >= 0.6 is 0 Å². The Morgan fingerprint density at radius 1 is 1.15 bits per heavy atom. The van der Waals surface area contributed by atoms with Crippen molar-refractivity contribution < 1.29 is 13.2 Å². The number of sulfonamides is 1. The number of carbonyl (C=O) groups excluding carboxylic acids is 1. The smallest absolute Gasteiger partial charge is 0.243 e. The maximum absolute atomic E-state index is 12.9. The molecule has 1 aliphatic heterocycles. The van der Waals surface area contributed by atoms with Gasteiger partial charge in [0.2, 0.25) is 15.9 Å². The van der Waals surface area contributed by atoms with Gasteiger partial charge in [-0.2, -0.15) is 4.31 Å². The first kappa shape index (κ1) is 18.6. The highest BCUT2D eigenvalue weighted by Gasteiger charge is 2.33. The predicted octanol–water partition coefficient (Wildman–Crippen LogP) is 2.98. The van der Waals surface area contributed by atoms with Crippen molar-refractivity contribution in [3.63, 3.8) is 0 Å². The van der Waals surface area contributed by atoms with Gasteiger partial charge in [-0.3, -0.25) is 4.79 Å². The summed E-state index contributed by atoms with van der Waals surface area (Å²) in [5, 5.41) is 0. The van der Waals surface area contributed by atoms with Crippen LogP contribution in [0, 0.1) is 6.92 Å². The summed E-state index contributed by atoms with van der Waals surface area (Å²) in [5.74, 6) is -0.194. The molecule has 0 unspecified atom stereocenters. The van der Waals surface area contributed by atoms with Crippen LogP contribution in [0.4, 0.5) is 5.69 Å². The molecule has 1 atom stereocenters. The van der Waals surface area contributed by atoms with E-state index in [9.17, 15) is 13.2 Å². The lowest BCUT2D eigenvalue weighted by Gasteiger charge is -2.27. The molecule has 5 nitrogen and oxygen atoms in total. The Balaban J connectivity index is 1.84. The number of benzene rings is 2. The number of rotatable bonds is 5. The highest BCUT2D eigenvalue weighted by molar-refractivity contribution is 7.89. The molecule has 0 spiro atoms. The van der Waals surface area contributed by atoms with Crippen molar-refractivity contribution in [2.24, 2.45) is 0 Å². The first-order chi connectivity index (χ1) is 12.3. The molecule has 1 amide bonds. The number of amides is 1. The van der Waals surface area contributed by atoms with Gasteiger partial charge < -0.3 is 4.90 Å². The van der Waals surface area contributed by atoms with Crippen LogP contribution in [0.5, 0.6) is 0 Å². The van der Waals surface area contributed by atoms with E-state index in [4.69, 9.17) is 0 Å². The lowest BCUT2D eigenvalue weighted by molar-refractivity contribution is -0.119. The SMILES string of the molecule is CCN(CC(=O)N1c2ccccc2C[C@H]1C)S(=O)(=O)c1ccc(C)cc1. The fourth-order valence-corrected chi connectivity index (χ4v) is 4.80. The van der Waals surface area contributed by atoms with Gasteiger partial charge in [0.05, 0.1) is 11.4 Å². The summed E-state index contributed by atoms with van der Waals surface area (Å²) in [6.07, 6.45) is 0.790. The van der Waals surface area contributed by atoms with E-state index in [-0.39, 0.29) is 29.9 Å². The summed E-state index contributed by atoms with van der Waals surface area (Å²) < 4.78 is 27.1. The van der Waals surface area contributed by atoms with Crippen molar-refractivity contribution >= 4 is 21.6 Å². The van der Waals surface area contributed by atoms with Crippen LogP contribution in [-0.2, 0) is 21.2 Å². The summed E-state index contributed by atoms with van der Waals surface area (Å²) in [5.41, 5.74) is 3.00. The van der Waals surface area contributed by atoms with Gasteiger partial charge in [0.1, 0.15) is 0 Å². The van der Waals surface area contributed by atoms with Crippen LogP contribution < -0.4 is 4.90 Å². The molecule has 0 radical (unpaired) electrons. The van der Waals surface area contributed by atoms with Gasteiger partial charge in [0.25, 0.3) is 0 Å². The van der Waals surface area contributed by atoms with Gasteiger partial charge >= 0.3 is 0 Å². The number of nitrogens with zero attached hydrogens (tertiary/aromatic N) is 2. The van der Waals surface area contributed by atoms with Gasteiger partial charge in [-0.25, -0.2) is 8.42 Å². The fourth-order valence-electron chi connectivity index (χ4n) is 3.40. The van der Waals surface area contributed by atoms with Crippen LogP contribution in [0.25, 0.3) is 0 Å². The Bertz CT molecular complexity index is 907. The molecule has 0 saturated heterocycles. The molecule has 1 heterocycles. The Morgan fingerprint density at radius 2 is 1.81 bits per heavy atom. The predicted molar refractivity (Wildman–Crippen MR) is 103 cm³/mol. The maximum Gasteiger partial charge on any atom is 0.243 e. The average Bonchev–Trinajstić information content (AvgIpc) is 2.95. The molecule has 0 aliphatic carbocycles. The van der Waals surface area contributed by atoms with Gasteiger partial charge in [-0.05, 0) is 44.0 Å². The molecule has 0 saturated carbocycles. The molecule has 1 aliphatic rings. The van der Waals surface area contributed by atoms with E-state index in [0.717, 1.165) is 23.2 Å². The fraction of sp³-hybridized carbons (Fsp3) is 0.350. The number of carbonyl (C=O) groups is 1. The third-order valence-corrected chi connectivity index (χ3v) is 6.73. The average molecular weight is 372 g/mol. The standard InChI is InChI=1S/C20H24N2O3S/c1-4-21(26(24,25)18-11-9-15(2)10-12-18)14-20(23)22-16(3)13-17-7-5-6-8-19(17)22/h5-12,16H,4,13-14H2,1-3H3/t16-/m1/s1. The van der Waals surface area contributed by atoms with Crippen LogP contribution in [0.2, 0.25) is 0 Å². The van der Waals surface area contributed by atoms with Crippen LogP contribution in [0.3, 0.4) is 0 Å². The Kier molecular flexibility index (Phi) is 5.16. The van der Waals surface area contributed by atoms with Crippen molar-refractivity contribution in [1.29, 1.82) is 0 Å². The van der Waals surface area contributed by atoms with Crippen molar-refractivity contribution in [3.8, 4) is 0 Å². The van der Waals surface area contributed by atoms with E-state index in [1.807, 2.05) is 38.1 Å². The number of hydrogen-bond donors (Lipinski definition) is 0. The molecule has 3 rings (SSSR count). The number of aryl methyl sites for hydroxylation is 1. The highest BCUT2D eigenvalue weighted by atomic mass is 32.2. The second-order valence-corrected chi connectivity index (χ2v) is 8.63. The molecule has 138 valence electrons. The van der Waals surface area contributed by atoms with E-state index in [2.05, 4.69) is 0 Å². The minimum atomic E-state index is -3.70. The molecule has 0 fully saturated rings. The summed E-state index contributed by atoms with van der Waals surface area (Å²) in [6, 6.07) is 14.5. The van der Waals surface area contributed by atoms with Crippen LogP contribution in [0.15, 0.2) is 53.4 Å². The number of hydrogen-bond acceptors (Lipinski definition) is 3. The maximum atomic E-state index is 12.9. The minimum Gasteiger partial charge on any atom is -0.308 e. The molecule has 2 aromatic rings. The largest absolute Gasteiger partial charge is 0.308 e. The van der Waals surface area contributed by atoms with E-state index >= 15 is 0 Å². The molecule has 0 bridgehead atoms. The topological polar surface area (TPSA) is 57.7 Å². The molecular weight excluding hydrogens is 348 g/mol. The second kappa shape index (κ2) is 7.21. The van der Waals surface area contributed by atoms with Crippen LogP contribution in [-0.4, -0.2) is 37.8 Å². The van der Waals surface area contributed by atoms with Crippen molar-refractivity contribution in [3.05, 3.63) is 59.7 Å². The van der Waals surface area contributed by atoms with Crippen molar-refractivity contribution in [2.75, 3.05) is 18.0 Å². The van der Waals surface area contributed by atoms with E-state index in [1.54, 1.807) is 36.1 Å². The van der Waals surface area contributed by atoms with Crippen LogP contribution in [0.1, 0.15) is 25.0 Å². The second-order valence-electron chi connectivity index (χ2n) is 6.69.